The van der Waals surface area contributed by atoms with Crippen LogP contribution in [-0.4, -0.2) is 60.3 Å². The molecule has 4 heteroatoms. The van der Waals surface area contributed by atoms with E-state index in [1.807, 2.05) is 18.2 Å². The van der Waals surface area contributed by atoms with Crippen LogP contribution in [0.2, 0.25) is 0 Å². The first kappa shape index (κ1) is 20.0. The Morgan fingerprint density at radius 3 is 2.11 bits per heavy atom. The first-order valence-electron chi connectivity index (χ1n) is 10.1. The maximum absolute atomic E-state index is 10.4. The van der Waals surface area contributed by atoms with Crippen LogP contribution in [0.4, 0.5) is 0 Å². The highest BCUT2D eigenvalue weighted by atomic mass is 16.5. The number of β-amino-alcohol motifs (C(OH)–C–C–N with tert-alkyl or cyclic N) is 1. The minimum atomic E-state index is -0.441. The number of benzene rings is 2. The van der Waals surface area contributed by atoms with Crippen LogP contribution in [0.15, 0.2) is 60.7 Å². The second-order valence-electron chi connectivity index (χ2n) is 7.36. The minimum absolute atomic E-state index is 0.0589. The molecule has 0 unspecified atom stereocenters. The van der Waals surface area contributed by atoms with Crippen LogP contribution in [0.1, 0.15) is 30.6 Å². The summed E-state index contributed by atoms with van der Waals surface area (Å²) in [5.41, 5.74) is 2.55. The van der Waals surface area contributed by atoms with Gasteiger partial charge in [0.15, 0.2) is 0 Å². The van der Waals surface area contributed by atoms with Gasteiger partial charge in [0.2, 0.25) is 0 Å². The summed E-state index contributed by atoms with van der Waals surface area (Å²) in [7, 11) is 0. The molecule has 1 aliphatic rings. The van der Waals surface area contributed by atoms with E-state index in [-0.39, 0.29) is 6.10 Å². The summed E-state index contributed by atoms with van der Waals surface area (Å²) < 4.78 is 5.99. The summed E-state index contributed by atoms with van der Waals surface area (Å²) >= 11 is 0. The van der Waals surface area contributed by atoms with E-state index >= 15 is 0 Å². The largest absolute Gasteiger partial charge is 0.389 e. The van der Waals surface area contributed by atoms with E-state index < -0.39 is 6.10 Å². The molecule has 1 fully saturated rings. The van der Waals surface area contributed by atoms with Crippen LogP contribution < -0.4 is 0 Å². The summed E-state index contributed by atoms with van der Waals surface area (Å²) in [5.74, 6) is 0. The third-order valence-corrected chi connectivity index (χ3v) is 5.21. The summed E-state index contributed by atoms with van der Waals surface area (Å²) in [6.45, 7) is 8.29. The second-order valence-corrected chi connectivity index (χ2v) is 7.36. The molecule has 0 amide bonds. The number of hydrogen-bond acceptors (Lipinski definition) is 4. The number of nitrogens with zero attached hydrogens (tertiary/aromatic N) is 2. The lowest BCUT2D eigenvalue weighted by Crippen LogP contribution is -2.48. The molecule has 1 aliphatic heterocycles. The molecule has 3 rings (SSSR count). The van der Waals surface area contributed by atoms with Crippen molar-refractivity contribution in [2.45, 2.75) is 32.1 Å². The molecule has 1 N–H and O–H groups in total. The molecule has 0 saturated carbocycles. The predicted octanol–water partition coefficient (Wildman–Crippen LogP) is 3.33. The molecule has 2 aromatic carbocycles. The lowest BCUT2D eigenvalue weighted by molar-refractivity contribution is -0.0284. The standard InChI is InChI=1S/C23H32N2O2/c1-2-23(21-11-7-4-8-12-21)27-19-22(26)18-25-15-13-24(14-16-25)17-20-9-5-3-6-10-20/h3-12,22-23,26H,2,13-19H2,1H3/t22-,23-/m1/s1. The van der Waals surface area contributed by atoms with E-state index in [1.54, 1.807) is 0 Å². The summed E-state index contributed by atoms with van der Waals surface area (Å²) in [4.78, 5) is 4.83. The second kappa shape index (κ2) is 10.6. The summed E-state index contributed by atoms with van der Waals surface area (Å²) in [5, 5.41) is 10.4. The predicted molar refractivity (Wildman–Crippen MR) is 110 cm³/mol. The zero-order valence-corrected chi connectivity index (χ0v) is 16.3. The molecule has 2 aromatic rings. The highest BCUT2D eigenvalue weighted by Crippen LogP contribution is 2.20. The Balaban J connectivity index is 1.37. The van der Waals surface area contributed by atoms with E-state index in [0.717, 1.165) is 39.1 Å². The van der Waals surface area contributed by atoms with Crippen molar-refractivity contribution in [2.75, 3.05) is 39.3 Å². The van der Waals surface area contributed by atoms with Gasteiger partial charge in [-0.2, -0.15) is 0 Å². The first-order chi connectivity index (χ1) is 13.2. The molecule has 0 aliphatic carbocycles. The Kier molecular flexibility index (Phi) is 7.84. The Hall–Kier alpha value is -1.72. The number of rotatable bonds is 9. The zero-order valence-electron chi connectivity index (χ0n) is 16.3. The molecule has 0 bridgehead atoms. The van der Waals surface area contributed by atoms with Gasteiger partial charge in [-0.1, -0.05) is 67.6 Å². The third-order valence-electron chi connectivity index (χ3n) is 5.21. The van der Waals surface area contributed by atoms with E-state index in [0.29, 0.717) is 13.2 Å². The monoisotopic (exact) mass is 368 g/mol. The van der Waals surface area contributed by atoms with Crippen LogP contribution >= 0.6 is 0 Å². The van der Waals surface area contributed by atoms with Gasteiger partial charge in [0.25, 0.3) is 0 Å². The SMILES string of the molecule is CC[C@@H](OC[C@H](O)CN1CCN(Cc2ccccc2)CC1)c1ccccc1. The summed E-state index contributed by atoms with van der Waals surface area (Å²) in [6, 6.07) is 20.9. The maximum Gasteiger partial charge on any atom is 0.0900 e. The Bertz CT molecular complexity index is 642. The van der Waals surface area contributed by atoms with E-state index in [2.05, 4.69) is 59.2 Å². The highest BCUT2D eigenvalue weighted by molar-refractivity contribution is 5.17. The molecule has 27 heavy (non-hydrogen) atoms. The highest BCUT2D eigenvalue weighted by Gasteiger charge is 2.20. The van der Waals surface area contributed by atoms with Gasteiger partial charge in [0.1, 0.15) is 0 Å². The van der Waals surface area contributed by atoms with Crippen LogP contribution in [0, 0.1) is 0 Å². The van der Waals surface area contributed by atoms with Crippen LogP contribution in [0.3, 0.4) is 0 Å². The molecular weight excluding hydrogens is 336 g/mol. The number of hydrogen-bond donors (Lipinski definition) is 1. The van der Waals surface area contributed by atoms with E-state index in [1.165, 1.54) is 11.1 Å². The molecule has 1 saturated heterocycles. The molecule has 4 nitrogen and oxygen atoms in total. The maximum atomic E-state index is 10.4. The number of piperazine rings is 1. The molecule has 0 aromatic heterocycles. The van der Waals surface area contributed by atoms with Gasteiger partial charge in [-0.05, 0) is 17.5 Å². The smallest absolute Gasteiger partial charge is 0.0900 e. The quantitative estimate of drug-likeness (QED) is 0.736. The molecule has 0 radical (unpaired) electrons. The van der Waals surface area contributed by atoms with Gasteiger partial charge >= 0.3 is 0 Å². The van der Waals surface area contributed by atoms with Crippen molar-refractivity contribution in [1.82, 2.24) is 9.80 Å². The normalized spacial score (nSPS) is 18.3. The van der Waals surface area contributed by atoms with Crippen molar-refractivity contribution in [2.24, 2.45) is 0 Å². The van der Waals surface area contributed by atoms with E-state index in [4.69, 9.17) is 4.74 Å². The number of aliphatic hydroxyl groups excluding tert-OH is 1. The summed E-state index contributed by atoms with van der Waals surface area (Å²) in [6.07, 6.45) is 0.529. The Morgan fingerprint density at radius 2 is 1.48 bits per heavy atom. The topological polar surface area (TPSA) is 35.9 Å². The van der Waals surface area contributed by atoms with Gasteiger partial charge in [0, 0.05) is 39.3 Å². The van der Waals surface area contributed by atoms with Gasteiger partial charge in [0.05, 0.1) is 18.8 Å². The van der Waals surface area contributed by atoms with Gasteiger partial charge in [-0.3, -0.25) is 9.80 Å². The van der Waals surface area contributed by atoms with Crippen molar-refractivity contribution >= 4 is 0 Å². The molecule has 146 valence electrons. The fourth-order valence-corrected chi connectivity index (χ4v) is 3.67. The minimum Gasteiger partial charge on any atom is -0.389 e. The van der Waals surface area contributed by atoms with E-state index in [9.17, 15) is 5.11 Å². The Labute approximate surface area is 163 Å². The lowest BCUT2D eigenvalue weighted by Gasteiger charge is -2.35. The van der Waals surface area contributed by atoms with Crippen molar-refractivity contribution in [3.63, 3.8) is 0 Å². The lowest BCUT2D eigenvalue weighted by atomic mass is 10.1. The van der Waals surface area contributed by atoms with Crippen molar-refractivity contribution in [3.05, 3.63) is 71.8 Å². The fourth-order valence-electron chi connectivity index (χ4n) is 3.67. The third kappa shape index (κ3) is 6.43. The van der Waals surface area contributed by atoms with Gasteiger partial charge < -0.3 is 9.84 Å². The van der Waals surface area contributed by atoms with Gasteiger partial charge in [-0.25, -0.2) is 0 Å². The van der Waals surface area contributed by atoms with Crippen molar-refractivity contribution < 1.29 is 9.84 Å². The number of ether oxygens (including phenoxy) is 1. The average molecular weight is 369 g/mol. The molecule has 0 spiro atoms. The van der Waals surface area contributed by atoms with Crippen LogP contribution in [0.5, 0.6) is 0 Å². The molecular formula is C23H32N2O2. The van der Waals surface area contributed by atoms with Crippen molar-refractivity contribution in [1.29, 1.82) is 0 Å². The number of aliphatic hydroxyl groups is 1. The van der Waals surface area contributed by atoms with Crippen LogP contribution in [-0.2, 0) is 11.3 Å². The molecule has 2 atom stereocenters. The Morgan fingerprint density at radius 1 is 0.889 bits per heavy atom. The van der Waals surface area contributed by atoms with Crippen LogP contribution in [0.25, 0.3) is 0 Å². The average Bonchev–Trinajstić information content (AvgIpc) is 2.71. The van der Waals surface area contributed by atoms with Crippen molar-refractivity contribution in [3.8, 4) is 0 Å². The molecule has 1 heterocycles. The fraction of sp³-hybridized carbons (Fsp3) is 0.478. The zero-order chi connectivity index (χ0) is 18.9. The first-order valence-corrected chi connectivity index (χ1v) is 10.1. The van der Waals surface area contributed by atoms with Gasteiger partial charge in [-0.15, -0.1) is 0 Å².